The average molecular weight is 306 g/mol. The number of rotatable bonds is 7. The standard InChI is InChI=1S/C13H18BrF2N/c1-17(6-4-2-3-5-14)10-11-7-12(15)9-13(16)8-11/h7-9H,2-6,10H2,1H3. The van der Waals surface area contributed by atoms with E-state index in [9.17, 15) is 8.78 Å². The second kappa shape index (κ2) is 7.77. The van der Waals surface area contributed by atoms with Crippen LogP contribution < -0.4 is 0 Å². The van der Waals surface area contributed by atoms with E-state index in [4.69, 9.17) is 0 Å². The average Bonchev–Trinajstić information content (AvgIpc) is 2.23. The third-order valence-corrected chi connectivity index (χ3v) is 3.11. The molecule has 0 aliphatic carbocycles. The lowest BCUT2D eigenvalue weighted by Crippen LogP contribution is -2.19. The van der Waals surface area contributed by atoms with Gasteiger partial charge in [0, 0.05) is 17.9 Å². The fraction of sp³-hybridized carbons (Fsp3) is 0.538. The molecule has 0 aliphatic rings. The van der Waals surface area contributed by atoms with Gasteiger partial charge in [0.05, 0.1) is 0 Å². The number of unbranched alkanes of at least 4 members (excludes halogenated alkanes) is 2. The van der Waals surface area contributed by atoms with Gasteiger partial charge in [-0.2, -0.15) is 0 Å². The minimum absolute atomic E-state index is 0.507. The van der Waals surface area contributed by atoms with Gasteiger partial charge in [-0.3, -0.25) is 0 Å². The van der Waals surface area contributed by atoms with Crippen LogP contribution in [0.1, 0.15) is 24.8 Å². The van der Waals surface area contributed by atoms with Crippen LogP contribution in [0.2, 0.25) is 0 Å². The molecule has 0 unspecified atom stereocenters. The summed E-state index contributed by atoms with van der Waals surface area (Å²) in [5, 5.41) is 1.03. The minimum atomic E-state index is -0.507. The highest BCUT2D eigenvalue weighted by Crippen LogP contribution is 2.10. The molecule has 0 fully saturated rings. The summed E-state index contributed by atoms with van der Waals surface area (Å²) in [6, 6.07) is 3.68. The van der Waals surface area contributed by atoms with Crippen molar-refractivity contribution in [3.63, 3.8) is 0 Å². The third-order valence-electron chi connectivity index (χ3n) is 2.55. The van der Waals surface area contributed by atoms with E-state index in [-0.39, 0.29) is 0 Å². The minimum Gasteiger partial charge on any atom is -0.302 e. The zero-order valence-electron chi connectivity index (χ0n) is 10.1. The Morgan fingerprint density at radius 3 is 2.29 bits per heavy atom. The van der Waals surface area contributed by atoms with Crippen LogP contribution >= 0.6 is 15.9 Å². The monoisotopic (exact) mass is 305 g/mol. The first-order valence-electron chi connectivity index (χ1n) is 5.81. The zero-order valence-corrected chi connectivity index (χ0v) is 11.6. The quantitative estimate of drug-likeness (QED) is 0.544. The predicted molar refractivity (Wildman–Crippen MR) is 70.3 cm³/mol. The molecule has 1 aromatic carbocycles. The molecule has 17 heavy (non-hydrogen) atoms. The molecule has 96 valence electrons. The van der Waals surface area contributed by atoms with Gasteiger partial charge in [-0.15, -0.1) is 0 Å². The Kier molecular flexibility index (Phi) is 6.66. The van der Waals surface area contributed by atoms with E-state index in [1.54, 1.807) is 0 Å². The molecule has 0 radical (unpaired) electrons. The summed E-state index contributed by atoms with van der Waals surface area (Å²) >= 11 is 3.39. The number of nitrogens with zero attached hydrogens (tertiary/aromatic N) is 1. The highest BCUT2D eigenvalue weighted by atomic mass is 79.9. The van der Waals surface area contributed by atoms with Gasteiger partial charge >= 0.3 is 0 Å². The van der Waals surface area contributed by atoms with Crippen molar-refractivity contribution in [3.05, 3.63) is 35.4 Å². The Morgan fingerprint density at radius 2 is 1.71 bits per heavy atom. The molecule has 0 heterocycles. The first-order valence-corrected chi connectivity index (χ1v) is 6.93. The first kappa shape index (κ1) is 14.6. The van der Waals surface area contributed by atoms with Gasteiger partial charge in [-0.25, -0.2) is 8.78 Å². The van der Waals surface area contributed by atoms with Gasteiger partial charge in [0.1, 0.15) is 11.6 Å². The molecular formula is C13H18BrF2N. The van der Waals surface area contributed by atoms with Crippen molar-refractivity contribution in [1.82, 2.24) is 4.90 Å². The fourth-order valence-corrected chi connectivity index (χ4v) is 2.14. The molecule has 0 bridgehead atoms. The second-order valence-electron chi connectivity index (χ2n) is 4.27. The number of alkyl halides is 1. The SMILES string of the molecule is CN(CCCCCBr)Cc1cc(F)cc(F)c1. The van der Waals surface area contributed by atoms with Crippen LogP contribution in [0, 0.1) is 11.6 Å². The summed E-state index contributed by atoms with van der Waals surface area (Å²) in [6.45, 7) is 1.54. The van der Waals surface area contributed by atoms with Crippen molar-refractivity contribution in [1.29, 1.82) is 0 Å². The van der Waals surface area contributed by atoms with Crippen molar-refractivity contribution in [3.8, 4) is 0 Å². The zero-order chi connectivity index (χ0) is 12.7. The maximum atomic E-state index is 13.0. The number of hydrogen-bond acceptors (Lipinski definition) is 1. The molecule has 4 heteroatoms. The van der Waals surface area contributed by atoms with Crippen LogP contribution in [-0.4, -0.2) is 23.8 Å². The molecule has 0 atom stereocenters. The maximum absolute atomic E-state index is 13.0. The summed E-state index contributed by atoms with van der Waals surface area (Å²) in [6.07, 6.45) is 3.45. The van der Waals surface area contributed by atoms with E-state index in [1.165, 1.54) is 25.0 Å². The van der Waals surface area contributed by atoms with Gasteiger partial charge in [0.15, 0.2) is 0 Å². The highest BCUT2D eigenvalue weighted by Gasteiger charge is 2.04. The van der Waals surface area contributed by atoms with E-state index in [0.717, 1.165) is 24.4 Å². The topological polar surface area (TPSA) is 3.24 Å². The molecule has 0 N–H and O–H groups in total. The third kappa shape index (κ3) is 6.13. The molecular weight excluding hydrogens is 288 g/mol. The lowest BCUT2D eigenvalue weighted by Gasteiger charge is -2.16. The Bertz CT molecular complexity index is 324. The van der Waals surface area contributed by atoms with Gasteiger partial charge in [-0.05, 0) is 44.1 Å². The Balaban J connectivity index is 2.36. The summed E-state index contributed by atoms with van der Waals surface area (Å²) in [5.41, 5.74) is 0.686. The summed E-state index contributed by atoms with van der Waals surface area (Å²) < 4.78 is 25.9. The molecule has 0 aliphatic heterocycles. The maximum Gasteiger partial charge on any atom is 0.126 e. The van der Waals surface area contributed by atoms with Crippen LogP contribution in [0.3, 0.4) is 0 Å². The van der Waals surface area contributed by atoms with Crippen molar-refractivity contribution < 1.29 is 8.78 Å². The molecule has 0 aromatic heterocycles. The molecule has 1 nitrogen and oxygen atoms in total. The molecule has 0 saturated carbocycles. The normalized spacial score (nSPS) is 11.1. The van der Waals surface area contributed by atoms with Gasteiger partial charge < -0.3 is 4.90 Å². The largest absolute Gasteiger partial charge is 0.302 e. The summed E-state index contributed by atoms with van der Waals surface area (Å²) in [4.78, 5) is 2.09. The van der Waals surface area contributed by atoms with Crippen molar-refractivity contribution in [2.75, 3.05) is 18.9 Å². The van der Waals surface area contributed by atoms with E-state index in [2.05, 4.69) is 20.8 Å². The smallest absolute Gasteiger partial charge is 0.126 e. The van der Waals surface area contributed by atoms with Crippen LogP contribution in [0.4, 0.5) is 8.78 Å². The Morgan fingerprint density at radius 1 is 1.06 bits per heavy atom. The summed E-state index contributed by atoms with van der Waals surface area (Å²) in [7, 11) is 1.97. The van der Waals surface area contributed by atoms with Crippen LogP contribution in [-0.2, 0) is 6.54 Å². The Hall–Kier alpha value is -0.480. The van der Waals surface area contributed by atoms with E-state index < -0.39 is 11.6 Å². The molecule has 0 spiro atoms. The second-order valence-corrected chi connectivity index (χ2v) is 5.06. The van der Waals surface area contributed by atoms with Gasteiger partial charge in [0.2, 0.25) is 0 Å². The van der Waals surface area contributed by atoms with Crippen LogP contribution in [0.15, 0.2) is 18.2 Å². The van der Waals surface area contributed by atoms with E-state index in [1.807, 2.05) is 7.05 Å². The van der Waals surface area contributed by atoms with Crippen molar-refractivity contribution >= 4 is 15.9 Å². The molecule has 1 aromatic rings. The predicted octanol–water partition coefficient (Wildman–Crippen LogP) is 3.96. The summed E-state index contributed by atoms with van der Waals surface area (Å²) in [5.74, 6) is -1.01. The van der Waals surface area contributed by atoms with E-state index >= 15 is 0 Å². The fourth-order valence-electron chi connectivity index (χ4n) is 1.75. The van der Waals surface area contributed by atoms with Crippen molar-refractivity contribution in [2.24, 2.45) is 0 Å². The Labute approximate surface area is 110 Å². The highest BCUT2D eigenvalue weighted by molar-refractivity contribution is 9.09. The molecule has 0 saturated heterocycles. The molecule has 0 amide bonds. The molecule has 1 rings (SSSR count). The number of hydrogen-bond donors (Lipinski definition) is 0. The van der Waals surface area contributed by atoms with Crippen LogP contribution in [0.5, 0.6) is 0 Å². The van der Waals surface area contributed by atoms with Crippen LogP contribution in [0.25, 0.3) is 0 Å². The van der Waals surface area contributed by atoms with E-state index in [0.29, 0.717) is 12.1 Å². The lowest BCUT2D eigenvalue weighted by molar-refractivity contribution is 0.317. The lowest BCUT2D eigenvalue weighted by atomic mass is 10.2. The first-order chi connectivity index (χ1) is 8.11. The van der Waals surface area contributed by atoms with Crippen molar-refractivity contribution in [2.45, 2.75) is 25.8 Å². The van der Waals surface area contributed by atoms with Gasteiger partial charge in [-0.1, -0.05) is 22.4 Å². The van der Waals surface area contributed by atoms with Gasteiger partial charge in [0.25, 0.3) is 0 Å². The number of benzene rings is 1. The number of halogens is 3.